The summed E-state index contributed by atoms with van der Waals surface area (Å²) in [5, 5.41) is 3.15. The van der Waals surface area contributed by atoms with E-state index in [9.17, 15) is 13.2 Å². The molecule has 1 atom stereocenters. The number of hydrogen-bond acceptors (Lipinski definition) is 7. The number of carbonyl (C=O) groups excluding carboxylic acids is 1. The first kappa shape index (κ1) is 24.5. The van der Waals surface area contributed by atoms with E-state index in [1.807, 2.05) is 0 Å². The number of piperidine rings is 1. The molecule has 0 unspecified atom stereocenters. The molecule has 182 valence electrons. The van der Waals surface area contributed by atoms with Gasteiger partial charge in [0.25, 0.3) is 0 Å². The SMILES string of the molecule is CC[C@H]1CCCCN1CCNC(=O)C1CCC(CNS(=O)(=O)c2cccc3nsnc23)CC1. The zero-order chi connectivity index (χ0) is 23.3. The minimum atomic E-state index is -3.65. The second-order valence-electron chi connectivity index (χ2n) is 9.34. The third kappa shape index (κ3) is 6.09. The Hall–Kier alpha value is -1.62. The number of hydrogen-bond donors (Lipinski definition) is 2. The van der Waals surface area contributed by atoms with E-state index in [-0.39, 0.29) is 22.6 Å². The van der Waals surface area contributed by atoms with Crippen molar-refractivity contribution in [1.82, 2.24) is 23.7 Å². The van der Waals surface area contributed by atoms with Crippen molar-refractivity contribution in [1.29, 1.82) is 0 Å². The second-order valence-corrected chi connectivity index (χ2v) is 11.6. The number of benzene rings is 1. The van der Waals surface area contributed by atoms with Crippen LogP contribution in [0.1, 0.15) is 58.3 Å². The third-order valence-electron chi connectivity index (χ3n) is 7.24. The maximum Gasteiger partial charge on any atom is 0.242 e. The van der Waals surface area contributed by atoms with Crippen molar-refractivity contribution in [3.8, 4) is 0 Å². The zero-order valence-corrected chi connectivity index (χ0v) is 21.0. The molecule has 1 saturated heterocycles. The third-order valence-corrected chi connectivity index (χ3v) is 9.23. The lowest BCUT2D eigenvalue weighted by atomic mass is 9.81. The zero-order valence-electron chi connectivity index (χ0n) is 19.3. The molecule has 2 fully saturated rings. The summed E-state index contributed by atoms with van der Waals surface area (Å²) in [5.41, 5.74) is 1.02. The summed E-state index contributed by atoms with van der Waals surface area (Å²) < 4.78 is 36.6. The van der Waals surface area contributed by atoms with Crippen molar-refractivity contribution in [2.75, 3.05) is 26.2 Å². The molecule has 2 N–H and O–H groups in total. The summed E-state index contributed by atoms with van der Waals surface area (Å²) >= 11 is 1.01. The molecular weight excluding hydrogens is 458 g/mol. The highest BCUT2D eigenvalue weighted by atomic mass is 32.2. The van der Waals surface area contributed by atoms with Crippen LogP contribution in [0.3, 0.4) is 0 Å². The van der Waals surface area contributed by atoms with Crippen molar-refractivity contribution in [3.05, 3.63) is 18.2 Å². The van der Waals surface area contributed by atoms with Crippen molar-refractivity contribution < 1.29 is 13.2 Å². The summed E-state index contributed by atoms with van der Waals surface area (Å²) in [6.07, 6.45) is 8.36. The molecule has 1 saturated carbocycles. The van der Waals surface area contributed by atoms with E-state index in [1.165, 1.54) is 25.7 Å². The van der Waals surface area contributed by atoms with Gasteiger partial charge in [-0.25, -0.2) is 13.1 Å². The average Bonchev–Trinajstić information content (AvgIpc) is 3.32. The maximum atomic E-state index is 12.8. The van der Waals surface area contributed by atoms with Crippen LogP contribution in [0.25, 0.3) is 11.0 Å². The van der Waals surface area contributed by atoms with Gasteiger partial charge in [-0.2, -0.15) is 8.75 Å². The van der Waals surface area contributed by atoms with Crippen LogP contribution >= 0.6 is 11.7 Å². The highest BCUT2D eigenvalue weighted by Gasteiger charge is 2.28. The number of nitrogens with one attached hydrogen (secondary N) is 2. The summed E-state index contributed by atoms with van der Waals surface area (Å²) in [5.74, 6) is 0.438. The molecule has 8 nitrogen and oxygen atoms in total. The molecular formula is C23H35N5O3S2. The Kier molecular flexibility index (Phi) is 8.32. The van der Waals surface area contributed by atoms with Gasteiger partial charge in [0.05, 0.1) is 11.7 Å². The highest BCUT2D eigenvalue weighted by molar-refractivity contribution is 7.89. The smallest absolute Gasteiger partial charge is 0.242 e. The molecule has 1 aromatic heterocycles. The highest BCUT2D eigenvalue weighted by Crippen LogP contribution is 2.29. The first-order valence-electron chi connectivity index (χ1n) is 12.2. The first-order valence-corrected chi connectivity index (χ1v) is 14.4. The van der Waals surface area contributed by atoms with Crippen molar-refractivity contribution in [2.45, 2.75) is 69.2 Å². The van der Waals surface area contributed by atoms with E-state index in [2.05, 4.69) is 30.6 Å². The monoisotopic (exact) mass is 493 g/mol. The lowest BCUT2D eigenvalue weighted by molar-refractivity contribution is -0.126. The molecule has 1 aliphatic heterocycles. The van der Waals surface area contributed by atoms with Crippen molar-refractivity contribution in [3.63, 3.8) is 0 Å². The number of fused-ring (bicyclic) bond motifs is 1. The van der Waals surface area contributed by atoms with Crippen LogP contribution in [-0.2, 0) is 14.8 Å². The predicted molar refractivity (Wildman–Crippen MR) is 131 cm³/mol. The average molecular weight is 494 g/mol. The molecule has 10 heteroatoms. The van der Waals surface area contributed by atoms with E-state index < -0.39 is 10.0 Å². The molecule has 1 aromatic carbocycles. The number of nitrogens with zero attached hydrogens (tertiary/aromatic N) is 3. The summed E-state index contributed by atoms with van der Waals surface area (Å²) in [6.45, 7) is 5.42. The number of amides is 1. The number of rotatable bonds is 9. The fourth-order valence-electron chi connectivity index (χ4n) is 5.22. The fourth-order valence-corrected chi connectivity index (χ4v) is 7.10. The summed E-state index contributed by atoms with van der Waals surface area (Å²) in [6, 6.07) is 5.68. The standard InChI is InChI=1S/C23H35N5O3S2/c1-2-19-6-3-4-14-28(19)15-13-24-23(29)18-11-9-17(10-12-18)16-25-33(30,31)21-8-5-7-20-22(21)27-32-26-20/h5,7-8,17-19,25H,2-4,6,9-16H2,1H3,(H,24,29)/t17?,18?,19-/m0/s1. The van der Waals surface area contributed by atoms with E-state index in [0.29, 0.717) is 30.2 Å². The minimum Gasteiger partial charge on any atom is -0.355 e. The van der Waals surface area contributed by atoms with Crippen LogP contribution in [0.15, 0.2) is 23.1 Å². The number of likely N-dealkylation sites (tertiary alicyclic amines) is 1. The maximum absolute atomic E-state index is 12.8. The molecule has 0 radical (unpaired) electrons. The van der Waals surface area contributed by atoms with Crippen LogP contribution in [0.4, 0.5) is 0 Å². The van der Waals surface area contributed by atoms with Gasteiger partial charge in [-0.05, 0) is 69.5 Å². The Morgan fingerprint density at radius 2 is 1.97 bits per heavy atom. The number of aromatic nitrogens is 2. The van der Waals surface area contributed by atoms with Gasteiger partial charge in [0.2, 0.25) is 15.9 Å². The molecule has 2 aliphatic rings. The first-order chi connectivity index (χ1) is 16.0. The van der Waals surface area contributed by atoms with Crippen molar-refractivity contribution in [2.24, 2.45) is 11.8 Å². The van der Waals surface area contributed by atoms with Gasteiger partial charge in [-0.1, -0.05) is 19.4 Å². The van der Waals surface area contributed by atoms with Gasteiger partial charge in [0.15, 0.2) is 0 Å². The topological polar surface area (TPSA) is 104 Å². The molecule has 2 heterocycles. The lowest BCUT2D eigenvalue weighted by Gasteiger charge is -2.35. The minimum absolute atomic E-state index is 0.0380. The Morgan fingerprint density at radius 1 is 1.15 bits per heavy atom. The Bertz CT molecular complexity index is 1030. The van der Waals surface area contributed by atoms with E-state index in [1.54, 1.807) is 18.2 Å². The van der Waals surface area contributed by atoms with Gasteiger partial charge in [0, 0.05) is 31.6 Å². The molecule has 33 heavy (non-hydrogen) atoms. The number of sulfonamides is 1. The van der Waals surface area contributed by atoms with Gasteiger partial charge in [0.1, 0.15) is 15.9 Å². The van der Waals surface area contributed by atoms with Gasteiger partial charge in [-0.15, -0.1) is 0 Å². The van der Waals surface area contributed by atoms with E-state index >= 15 is 0 Å². The Balaban J connectivity index is 1.19. The largest absolute Gasteiger partial charge is 0.355 e. The molecule has 4 rings (SSSR count). The quantitative estimate of drug-likeness (QED) is 0.556. The molecule has 1 aliphatic carbocycles. The van der Waals surface area contributed by atoms with Crippen LogP contribution in [0, 0.1) is 11.8 Å². The summed E-state index contributed by atoms with van der Waals surface area (Å²) in [7, 11) is -3.65. The normalized spacial score (nSPS) is 24.7. The molecule has 1 amide bonds. The summed E-state index contributed by atoms with van der Waals surface area (Å²) in [4.78, 5) is 15.3. The van der Waals surface area contributed by atoms with E-state index in [0.717, 1.165) is 50.5 Å². The predicted octanol–water partition coefficient (Wildman–Crippen LogP) is 3.16. The fraction of sp³-hybridized carbons (Fsp3) is 0.696. The van der Waals surface area contributed by atoms with E-state index in [4.69, 9.17) is 0 Å². The molecule has 0 spiro atoms. The van der Waals surface area contributed by atoms with Crippen LogP contribution in [0.5, 0.6) is 0 Å². The second kappa shape index (κ2) is 11.2. The van der Waals surface area contributed by atoms with Crippen LogP contribution in [0.2, 0.25) is 0 Å². The van der Waals surface area contributed by atoms with Gasteiger partial charge >= 0.3 is 0 Å². The van der Waals surface area contributed by atoms with Crippen molar-refractivity contribution >= 4 is 38.7 Å². The van der Waals surface area contributed by atoms with Crippen LogP contribution < -0.4 is 10.0 Å². The van der Waals surface area contributed by atoms with Crippen LogP contribution in [-0.4, -0.2) is 60.2 Å². The molecule has 2 aromatic rings. The molecule has 0 bridgehead atoms. The Labute approximate surface area is 200 Å². The van der Waals surface area contributed by atoms with Gasteiger partial charge < -0.3 is 5.32 Å². The number of carbonyl (C=O) groups is 1. The van der Waals surface area contributed by atoms with Gasteiger partial charge in [-0.3, -0.25) is 9.69 Å². The Morgan fingerprint density at radius 3 is 2.76 bits per heavy atom. The lowest BCUT2D eigenvalue weighted by Crippen LogP contribution is -2.44.